The SMILES string of the molecule is COc1cc(C(C)C(=O)O)c(OC)cc1O. The number of carboxylic acid groups (broad SMARTS) is 1. The summed E-state index contributed by atoms with van der Waals surface area (Å²) in [6.07, 6.45) is 0. The van der Waals surface area contributed by atoms with Gasteiger partial charge in [0.25, 0.3) is 0 Å². The van der Waals surface area contributed by atoms with Crippen molar-refractivity contribution in [2.24, 2.45) is 0 Å². The van der Waals surface area contributed by atoms with Crippen LogP contribution in [0.3, 0.4) is 0 Å². The van der Waals surface area contributed by atoms with Crippen molar-refractivity contribution >= 4 is 5.97 Å². The van der Waals surface area contributed by atoms with Crippen molar-refractivity contribution in [3.05, 3.63) is 17.7 Å². The number of rotatable bonds is 4. The van der Waals surface area contributed by atoms with Crippen LogP contribution in [0, 0.1) is 0 Å². The number of carbonyl (C=O) groups is 1. The summed E-state index contributed by atoms with van der Waals surface area (Å²) in [7, 11) is 2.82. The summed E-state index contributed by atoms with van der Waals surface area (Å²) in [6.45, 7) is 1.54. The third-order valence-corrected chi connectivity index (χ3v) is 2.37. The molecule has 16 heavy (non-hydrogen) atoms. The van der Waals surface area contributed by atoms with Gasteiger partial charge in [0.1, 0.15) is 5.75 Å². The number of carboxylic acids is 1. The first kappa shape index (κ1) is 12.2. The Bertz CT molecular complexity index is 400. The molecular formula is C11H14O5. The van der Waals surface area contributed by atoms with E-state index in [1.807, 2.05) is 0 Å². The number of hydrogen-bond donors (Lipinski definition) is 2. The molecule has 1 aromatic rings. The van der Waals surface area contributed by atoms with Gasteiger partial charge in [-0.1, -0.05) is 0 Å². The highest BCUT2D eigenvalue weighted by Gasteiger charge is 2.20. The van der Waals surface area contributed by atoms with Crippen LogP contribution in [0.15, 0.2) is 12.1 Å². The predicted octanol–water partition coefficient (Wildman–Crippen LogP) is 1.60. The fraction of sp³-hybridized carbons (Fsp3) is 0.364. The van der Waals surface area contributed by atoms with Crippen LogP contribution in [0.1, 0.15) is 18.4 Å². The monoisotopic (exact) mass is 226 g/mol. The second-order valence-corrected chi connectivity index (χ2v) is 3.33. The Morgan fingerprint density at radius 3 is 2.25 bits per heavy atom. The number of aromatic hydroxyl groups is 1. The van der Waals surface area contributed by atoms with Crippen molar-refractivity contribution in [1.82, 2.24) is 0 Å². The highest BCUT2D eigenvalue weighted by Crippen LogP contribution is 2.37. The Morgan fingerprint density at radius 1 is 1.25 bits per heavy atom. The number of hydrogen-bond acceptors (Lipinski definition) is 4. The first-order chi connectivity index (χ1) is 7.51. The lowest BCUT2D eigenvalue weighted by Crippen LogP contribution is -2.09. The van der Waals surface area contributed by atoms with Gasteiger partial charge in [-0.2, -0.15) is 0 Å². The maximum atomic E-state index is 10.9. The predicted molar refractivity (Wildman–Crippen MR) is 57.3 cm³/mol. The molecule has 88 valence electrons. The zero-order valence-corrected chi connectivity index (χ0v) is 9.35. The second kappa shape index (κ2) is 4.74. The van der Waals surface area contributed by atoms with E-state index in [-0.39, 0.29) is 11.5 Å². The molecule has 5 heteroatoms. The van der Waals surface area contributed by atoms with Crippen LogP contribution in [0.5, 0.6) is 17.2 Å². The van der Waals surface area contributed by atoms with Gasteiger partial charge < -0.3 is 19.7 Å². The average Bonchev–Trinajstić information content (AvgIpc) is 2.27. The molecule has 0 spiro atoms. The van der Waals surface area contributed by atoms with Gasteiger partial charge in [0.2, 0.25) is 0 Å². The molecule has 1 unspecified atom stereocenters. The van der Waals surface area contributed by atoms with Crippen LogP contribution in [0.4, 0.5) is 0 Å². The van der Waals surface area contributed by atoms with Gasteiger partial charge in [0.15, 0.2) is 11.5 Å². The van der Waals surface area contributed by atoms with Gasteiger partial charge in [-0.25, -0.2) is 0 Å². The van der Waals surface area contributed by atoms with Crippen molar-refractivity contribution in [2.45, 2.75) is 12.8 Å². The molecule has 0 saturated carbocycles. The van der Waals surface area contributed by atoms with E-state index in [4.69, 9.17) is 14.6 Å². The fourth-order valence-electron chi connectivity index (χ4n) is 1.38. The molecule has 5 nitrogen and oxygen atoms in total. The molecule has 1 atom stereocenters. The fourth-order valence-corrected chi connectivity index (χ4v) is 1.38. The number of phenols is 1. The van der Waals surface area contributed by atoms with Gasteiger partial charge in [0, 0.05) is 11.6 Å². The van der Waals surface area contributed by atoms with Crippen LogP contribution in [-0.4, -0.2) is 30.4 Å². The molecule has 1 rings (SSSR count). The Balaban J connectivity index is 3.29. The van der Waals surface area contributed by atoms with Crippen LogP contribution in [0.2, 0.25) is 0 Å². The Hall–Kier alpha value is -1.91. The summed E-state index contributed by atoms with van der Waals surface area (Å²) in [5.41, 5.74) is 0.463. The quantitative estimate of drug-likeness (QED) is 0.815. The Kier molecular flexibility index (Phi) is 3.60. The zero-order chi connectivity index (χ0) is 12.3. The average molecular weight is 226 g/mol. The van der Waals surface area contributed by atoms with E-state index in [2.05, 4.69) is 0 Å². The van der Waals surface area contributed by atoms with E-state index >= 15 is 0 Å². The summed E-state index contributed by atoms with van der Waals surface area (Å²) in [5.74, 6) is -1.23. The van der Waals surface area contributed by atoms with Gasteiger partial charge in [0.05, 0.1) is 20.1 Å². The van der Waals surface area contributed by atoms with E-state index in [1.165, 1.54) is 33.3 Å². The molecule has 2 N–H and O–H groups in total. The van der Waals surface area contributed by atoms with Crippen molar-refractivity contribution < 1.29 is 24.5 Å². The molecule has 0 heterocycles. The molecule has 0 saturated heterocycles. The molecule has 0 bridgehead atoms. The van der Waals surface area contributed by atoms with Gasteiger partial charge in [-0.05, 0) is 13.0 Å². The molecule has 1 aromatic carbocycles. The number of methoxy groups -OCH3 is 2. The molecular weight excluding hydrogens is 212 g/mol. The second-order valence-electron chi connectivity index (χ2n) is 3.33. The summed E-state index contributed by atoms with van der Waals surface area (Å²) in [6, 6.07) is 2.81. The molecule has 0 amide bonds. The smallest absolute Gasteiger partial charge is 0.310 e. The van der Waals surface area contributed by atoms with E-state index in [1.54, 1.807) is 0 Å². The first-order valence-electron chi connectivity index (χ1n) is 4.69. The molecule has 0 aliphatic heterocycles. The maximum Gasteiger partial charge on any atom is 0.310 e. The van der Waals surface area contributed by atoms with Crippen molar-refractivity contribution in [3.8, 4) is 17.2 Å². The van der Waals surface area contributed by atoms with Crippen LogP contribution in [-0.2, 0) is 4.79 Å². The molecule has 0 fully saturated rings. The summed E-state index contributed by atoms with van der Waals surface area (Å²) >= 11 is 0. The zero-order valence-electron chi connectivity index (χ0n) is 9.35. The summed E-state index contributed by atoms with van der Waals surface area (Å²) in [5, 5.41) is 18.4. The first-order valence-corrected chi connectivity index (χ1v) is 4.69. The standard InChI is InChI=1S/C11H14O5/c1-6(11(13)14)7-4-10(16-3)8(12)5-9(7)15-2/h4-6,12H,1-3H3,(H,13,14). The Morgan fingerprint density at radius 2 is 1.81 bits per heavy atom. The largest absolute Gasteiger partial charge is 0.504 e. The van der Waals surface area contributed by atoms with Gasteiger partial charge in [-0.3, -0.25) is 4.79 Å². The number of ether oxygens (including phenoxy) is 2. The lowest BCUT2D eigenvalue weighted by molar-refractivity contribution is -0.138. The molecule has 0 aliphatic carbocycles. The van der Waals surface area contributed by atoms with Crippen LogP contribution < -0.4 is 9.47 Å². The number of benzene rings is 1. The summed E-state index contributed by atoms with van der Waals surface area (Å²) in [4.78, 5) is 10.9. The number of aliphatic carboxylic acids is 1. The minimum Gasteiger partial charge on any atom is -0.504 e. The molecule has 0 aromatic heterocycles. The maximum absolute atomic E-state index is 10.9. The van der Waals surface area contributed by atoms with Crippen LogP contribution >= 0.6 is 0 Å². The number of phenolic OH excluding ortho intramolecular Hbond substituents is 1. The van der Waals surface area contributed by atoms with E-state index in [9.17, 15) is 9.90 Å². The topological polar surface area (TPSA) is 76.0 Å². The third kappa shape index (κ3) is 2.18. The van der Waals surface area contributed by atoms with E-state index in [0.717, 1.165) is 0 Å². The van der Waals surface area contributed by atoms with E-state index < -0.39 is 11.9 Å². The minimum absolute atomic E-state index is 0.0827. The third-order valence-electron chi connectivity index (χ3n) is 2.37. The molecule has 0 aliphatic rings. The van der Waals surface area contributed by atoms with Crippen molar-refractivity contribution in [1.29, 1.82) is 0 Å². The normalized spacial score (nSPS) is 11.9. The highest BCUT2D eigenvalue weighted by atomic mass is 16.5. The van der Waals surface area contributed by atoms with Crippen LogP contribution in [0.25, 0.3) is 0 Å². The lowest BCUT2D eigenvalue weighted by atomic mass is 9.99. The van der Waals surface area contributed by atoms with Crippen molar-refractivity contribution in [3.63, 3.8) is 0 Å². The lowest BCUT2D eigenvalue weighted by Gasteiger charge is -2.14. The molecule has 0 radical (unpaired) electrons. The van der Waals surface area contributed by atoms with Gasteiger partial charge >= 0.3 is 5.97 Å². The van der Waals surface area contributed by atoms with E-state index in [0.29, 0.717) is 11.3 Å². The van der Waals surface area contributed by atoms with Gasteiger partial charge in [-0.15, -0.1) is 0 Å². The summed E-state index contributed by atoms with van der Waals surface area (Å²) < 4.78 is 9.93. The minimum atomic E-state index is -0.967. The Labute approximate surface area is 93.2 Å². The highest BCUT2D eigenvalue weighted by molar-refractivity contribution is 5.77. The van der Waals surface area contributed by atoms with Crippen molar-refractivity contribution in [2.75, 3.05) is 14.2 Å².